The molecule has 0 heterocycles. The Bertz CT molecular complexity index is 686. The van der Waals surface area contributed by atoms with Gasteiger partial charge in [0.25, 0.3) is 0 Å². The van der Waals surface area contributed by atoms with Crippen LogP contribution in [-0.2, 0) is 0 Å². The fourth-order valence-electron chi connectivity index (χ4n) is 2.12. The first-order valence-corrected chi connectivity index (χ1v) is 7.19. The van der Waals surface area contributed by atoms with Crippen LogP contribution in [0.3, 0.4) is 0 Å². The SMILES string of the molecule is Cc1cc(C(=O)O)ccc1NC(C)c1ccc(Cl)cc1Cl. The molecule has 0 aromatic heterocycles. The fraction of sp³-hybridized carbons (Fsp3) is 0.188. The summed E-state index contributed by atoms with van der Waals surface area (Å²) in [5.74, 6) is -0.932. The van der Waals surface area contributed by atoms with Gasteiger partial charge in [-0.2, -0.15) is 0 Å². The summed E-state index contributed by atoms with van der Waals surface area (Å²) in [6.07, 6.45) is 0. The lowest BCUT2D eigenvalue weighted by molar-refractivity contribution is 0.0697. The van der Waals surface area contributed by atoms with Crippen LogP contribution >= 0.6 is 23.2 Å². The normalized spacial score (nSPS) is 12.0. The number of halogens is 2. The zero-order chi connectivity index (χ0) is 15.6. The molecule has 5 heteroatoms. The molecule has 0 bridgehead atoms. The molecule has 0 saturated carbocycles. The van der Waals surface area contributed by atoms with Gasteiger partial charge in [0.15, 0.2) is 0 Å². The number of nitrogens with one attached hydrogen (secondary N) is 1. The van der Waals surface area contributed by atoms with E-state index in [1.807, 2.05) is 19.9 Å². The first-order valence-electron chi connectivity index (χ1n) is 6.44. The summed E-state index contributed by atoms with van der Waals surface area (Å²) < 4.78 is 0. The van der Waals surface area contributed by atoms with Crippen molar-refractivity contribution in [3.05, 3.63) is 63.1 Å². The lowest BCUT2D eigenvalue weighted by Gasteiger charge is -2.19. The van der Waals surface area contributed by atoms with Crippen molar-refractivity contribution in [2.24, 2.45) is 0 Å². The molecule has 2 aromatic carbocycles. The fourth-order valence-corrected chi connectivity index (χ4v) is 2.69. The third-order valence-corrected chi connectivity index (χ3v) is 3.84. The Hall–Kier alpha value is -1.71. The number of anilines is 1. The van der Waals surface area contributed by atoms with Gasteiger partial charge in [-0.15, -0.1) is 0 Å². The van der Waals surface area contributed by atoms with E-state index in [0.717, 1.165) is 16.8 Å². The van der Waals surface area contributed by atoms with Gasteiger partial charge >= 0.3 is 5.97 Å². The van der Waals surface area contributed by atoms with E-state index in [9.17, 15) is 4.79 Å². The van der Waals surface area contributed by atoms with Crippen molar-refractivity contribution >= 4 is 34.9 Å². The molecule has 0 aliphatic carbocycles. The Morgan fingerprint density at radius 3 is 2.48 bits per heavy atom. The number of aromatic carboxylic acids is 1. The molecule has 0 radical (unpaired) electrons. The second-order valence-corrected chi connectivity index (χ2v) is 5.71. The first kappa shape index (κ1) is 15.7. The molecule has 110 valence electrons. The molecule has 2 rings (SSSR count). The Labute approximate surface area is 133 Å². The minimum atomic E-state index is -0.932. The predicted octanol–water partition coefficient (Wildman–Crippen LogP) is 5.17. The second-order valence-electron chi connectivity index (χ2n) is 4.87. The summed E-state index contributed by atoms with van der Waals surface area (Å²) >= 11 is 12.1. The van der Waals surface area contributed by atoms with Crippen LogP contribution in [0.1, 0.15) is 34.5 Å². The van der Waals surface area contributed by atoms with E-state index in [4.69, 9.17) is 28.3 Å². The van der Waals surface area contributed by atoms with Crippen LogP contribution in [0.15, 0.2) is 36.4 Å². The lowest BCUT2D eigenvalue weighted by Crippen LogP contribution is -2.09. The highest BCUT2D eigenvalue weighted by Gasteiger charge is 2.12. The standard InChI is InChI=1S/C16H15Cl2NO2/c1-9-7-11(16(20)21)3-6-15(9)19-10(2)13-5-4-12(17)8-14(13)18/h3-8,10,19H,1-2H3,(H,20,21). The molecule has 0 spiro atoms. The number of benzene rings is 2. The van der Waals surface area contributed by atoms with Crippen LogP contribution in [0.5, 0.6) is 0 Å². The molecule has 1 unspecified atom stereocenters. The number of carboxylic acid groups (broad SMARTS) is 1. The second kappa shape index (κ2) is 6.37. The molecule has 2 N–H and O–H groups in total. The Morgan fingerprint density at radius 2 is 1.90 bits per heavy atom. The predicted molar refractivity (Wildman–Crippen MR) is 86.6 cm³/mol. The van der Waals surface area contributed by atoms with E-state index in [1.54, 1.807) is 30.3 Å². The molecular formula is C16H15Cl2NO2. The molecule has 2 aromatic rings. The largest absolute Gasteiger partial charge is 0.478 e. The van der Waals surface area contributed by atoms with Gasteiger partial charge in [0.2, 0.25) is 0 Å². The molecule has 0 saturated heterocycles. The van der Waals surface area contributed by atoms with Gasteiger partial charge in [-0.1, -0.05) is 29.3 Å². The minimum absolute atomic E-state index is 0.0239. The Balaban J connectivity index is 2.23. The summed E-state index contributed by atoms with van der Waals surface area (Å²) in [5.41, 5.74) is 2.95. The van der Waals surface area contributed by atoms with Crippen molar-refractivity contribution in [2.75, 3.05) is 5.32 Å². The van der Waals surface area contributed by atoms with Gasteiger partial charge in [-0.05, 0) is 55.3 Å². The van der Waals surface area contributed by atoms with Crippen LogP contribution < -0.4 is 5.32 Å². The monoisotopic (exact) mass is 323 g/mol. The maximum Gasteiger partial charge on any atom is 0.335 e. The van der Waals surface area contributed by atoms with Gasteiger partial charge in [-0.25, -0.2) is 4.79 Å². The molecule has 0 aliphatic heterocycles. The van der Waals surface area contributed by atoms with Crippen molar-refractivity contribution in [3.63, 3.8) is 0 Å². The van der Waals surface area contributed by atoms with Crippen LogP contribution in [0.4, 0.5) is 5.69 Å². The third kappa shape index (κ3) is 3.69. The molecular weight excluding hydrogens is 309 g/mol. The van der Waals surface area contributed by atoms with Crippen molar-refractivity contribution < 1.29 is 9.90 Å². The Kier molecular flexibility index (Phi) is 4.76. The Morgan fingerprint density at radius 1 is 1.19 bits per heavy atom. The molecule has 0 amide bonds. The van der Waals surface area contributed by atoms with Crippen LogP contribution in [0, 0.1) is 6.92 Å². The third-order valence-electron chi connectivity index (χ3n) is 3.27. The molecule has 3 nitrogen and oxygen atoms in total. The van der Waals surface area contributed by atoms with E-state index in [-0.39, 0.29) is 11.6 Å². The van der Waals surface area contributed by atoms with E-state index < -0.39 is 5.97 Å². The summed E-state index contributed by atoms with van der Waals surface area (Å²) in [5, 5.41) is 13.5. The summed E-state index contributed by atoms with van der Waals surface area (Å²) in [6, 6.07) is 10.3. The van der Waals surface area contributed by atoms with Crippen molar-refractivity contribution in [2.45, 2.75) is 19.9 Å². The van der Waals surface area contributed by atoms with Crippen molar-refractivity contribution in [1.82, 2.24) is 0 Å². The molecule has 21 heavy (non-hydrogen) atoms. The average Bonchev–Trinajstić information content (AvgIpc) is 2.40. The number of carboxylic acids is 1. The molecule has 1 atom stereocenters. The topological polar surface area (TPSA) is 49.3 Å². The molecule has 0 fully saturated rings. The quantitative estimate of drug-likeness (QED) is 0.815. The van der Waals surface area contributed by atoms with Crippen molar-refractivity contribution in [3.8, 4) is 0 Å². The smallest absolute Gasteiger partial charge is 0.335 e. The van der Waals surface area contributed by atoms with Crippen LogP contribution in [0.25, 0.3) is 0 Å². The van der Waals surface area contributed by atoms with Gasteiger partial charge in [0, 0.05) is 15.7 Å². The van der Waals surface area contributed by atoms with E-state index in [1.165, 1.54) is 0 Å². The molecule has 0 aliphatic rings. The van der Waals surface area contributed by atoms with E-state index in [0.29, 0.717) is 10.0 Å². The number of carbonyl (C=O) groups is 1. The van der Waals surface area contributed by atoms with Gasteiger partial charge < -0.3 is 10.4 Å². The van der Waals surface area contributed by atoms with E-state index in [2.05, 4.69) is 5.32 Å². The maximum absolute atomic E-state index is 10.9. The van der Waals surface area contributed by atoms with Gasteiger partial charge in [0.05, 0.1) is 11.6 Å². The zero-order valence-corrected chi connectivity index (χ0v) is 13.2. The first-order chi connectivity index (χ1) is 9.88. The van der Waals surface area contributed by atoms with Crippen LogP contribution in [0.2, 0.25) is 10.0 Å². The highest BCUT2D eigenvalue weighted by Crippen LogP contribution is 2.29. The summed E-state index contributed by atoms with van der Waals surface area (Å²) in [6.45, 7) is 3.85. The average molecular weight is 324 g/mol. The highest BCUT2D eigenvalue weighted by atomic mass is 35.5. The van der Waals surface area contributed by atoms with Crippen LogP contribution in [-0.4, -0.2) is 11.1 Å². The number of rotatable bonds is 4. The van der Waals surface area contributed by atoms with Crippen molar-refractivity contribution in [1.29, 1.82) is 0 Å². The zero-order valence-electron chi connectivity index (χ0n) is 11.7. The summed E-state index contributed by atoms with van der Waals surface area (Å²) in [7, 11) is 0. The highest BCUT2D eigenvalue weighted by molar-refractivity contribution is 6.35. The lowest BCUT2D eigenvalue weighted by atomic mass is 10.1. The minimum Gasteiger partial charge on any atom is -0.478 e. The van der Waals surface area contributed by atoms with E-state index >= 15 is 0 Å². The van der Waals surface area contributed by atoms with Gasteiger partial charge in [0.1, 0.15) is 0 Å². The summed E-state index contributed by atoms with van der Waals surface area (Å²) in [4.78, 5) is 10.9. The number of hydrogen-bond acceptors (Lipinski definition) is 2. The number of hydrogen-bond donors (Lipinski definition) is 2. The van der Waals surface area contributed by atoms with Gasteiger partial charge in [-0.3, -0.25) is 0 Å². The maximum atomic E-state index is 10.9. The number of aryl methyl sites for hydroxylation is 1.